The lowest BCUT2D eigenvalue weighted by atomic mass is 9.82. The van der Waals surface area contributed by atoms with Crippen molar-refractivity contribution in [1.82, 2.24) is 0 Å². The van der Waals surface area contributed by atoms with E-state index in [0.717, 1.165) is 6.42 Å². The smallest absolute Gasteiger partial charge is 0.152 e. The summed E-state index contributed by atoms with van der Waals surface area (Å²) in [5.74, 6) is 0.968. The van der Waals surface area contributed by atoms with Crippen LogP contribution < -0.4 is 5.73 Å². The number of rotatable bonds is 9. The first kappa shape index (κ1) is 20.9. The molecule has 0 bridgehead atoms. The molecule has 0 aromatic rings. The Morgan fingerprint density at radius 1 is 1.09 bits per heavy atom. The van der Waals surface area contributed by atoms with Gasteiger partial charge in [0.15, 0.2) is 9.84 Å². The average molecular weight is 348 g/mol. The predicted octanol–water partition coefficient (Wildman–Crippen LogP) is 3.13. The van der Waals surface area contributed by atoms with Crippen molar-refractivity contribution in [2.75, 3.05) is 5.75 Å². The highest BCUT2D eigenvalue weighted by Crippen LogP contribution is 2.29. The van der Waals surface area contributed by atoms with Gasteiger partial charge in [-0.25, -0.2) is 8.42 Å². The fourth-order valence-corrected chi connectivity index (χ4v) is 4.98. The highest BCUT2D eigenvalue weighted by molar-refractivity contribution is 7.91. The third kappa shape index (κ3) is 7.10. The number of aliphatic hydroxyl groups excluding tert-OH is 1. The maximum atomic E-state index is 12.2. The molecule has 4 nitrogen and oxygen atoms in total. The summed E-state index contributed by atoms with van der Waals surface area (Å²) in [7, 11) is -3.09. The number of sulfone groups is 1. The third-order valence-electron chi connectivity index (χ3n) is 5.48. The summed E-state index contributed by atoms with van der Waals surface area (Å²) < 4.78 is 24.4. The molecule has 0 aliphatic heterocycles. The Morgan fingerprint density at radius 2 is 1.65 bits per heavy atom. The minimum Gasteiger partial charge on any atom is -0.392 e. The quantitative estimate of drug-likeness (QED) is 0.671. The fourth-order valence-electron chi connectivity index (χ4n) is 3.47. The molecule has 0 heterocycles. The van der Waals surface area contributed by atoms with Crippen molar-refractivity contribution < 1.29 is 13.5 Å². The van der Waals surface area contributed by atoms with Crippen LogP contribution in [0.3, 0.4) is 0 Å². The summed E-state index contributed by atoms with van der Waals surface area (Å²) in [5, 5.41) is 10.1. The van der Waals surface area contributed by atoms with E-state index < -0.39 is 15.9 Å². The normalized spacial score (nSPS) is 21.6. The molecular weight excluding hydrogens is 310 g/mol. The Morgan fingerprint density at radius 3 is 2.13 bits per heavy atom. The predicted molar refractivity (Wildman–Crippen MR) is 97.0 cm³/mol. The Balaban J connectivity index is 2.57. The fraction of sp³-hybridized carbons (Fsp3) is 1.00. The van der Waals surface area contributed by atoms with Crippen LogP contribution in [0.4, 0.5) is 0 Å². The Bertz CT molecular complexity index is 428. The summed E-state index contributed by atoms with van der Waals surface area (Å²) in [6, 6.07) is -0.235. The first-order valence-electron chi connectivity index (χ1n) is 9.28. The first-order valence-corrected chi connectivity index (χ1v) is 11.0. The molecule has 3 unspecified atom stereocenters. The van der Waals surface area contributed by atoms with Crippen LogP contribution in [0, 0.1) is 17.8 Å². The lowest BCUT2D eigenvalue weighted by Crippen LogP contribution is -2.40. The van der Waals surface area contributed by atoms with Gasteiger partial charge in [-0.3, -0.25) is 0 Å². The van der Waals surface area contributed by atoms with Gasteiger partial charge in [0.25, 0.3) is 0 Å². The first-order chi connectivity index (χ1) is 10.6. The highest BCUT2D eigenvalue weighted by atomic mass is 32.2. The van der Waals surface area contributed by atoms with Gasteiger partial charge in [-0.15, -0.1) is 0 Å². The molecule has 1 rings (SSSR count). The number of aliphatic hydroxyl groups is 1. The summed E-state index contributed by atoms with van der Waals surface area (Å²) in [6.07, 6.45) is 7.04. The summed E-state index contributed by atoms with van der Waals surface area (Å²) >= 11 is 0. The van der Waals surface area contributed by atoms with Gasteiger partial charge in [0.05, 0.1) is 17.1 Å². The molecule has 1 fully saturated rings. The molecule has 3 atom stereocenters. The van der Waals surface area contributed by atoms with E-state index in [4.69, 9.17) is 5.73 Å². The second-order valence-electron chi connectivity index (χ2n) is 8.09. The molecule has 138 valence electrons. The molecule has 0 aromatic carbocycles. The van der Waals surface area contributed by atoms with Crippen LogP contribution in [0.2, 0.25) is 0 Å². The van der Waals surface area contributed by atoms with Gasteiger partial charge in [-0.1, -0.05) is 46.0 Å². The van der Waals surface area contributed by atoms with Crippen molar-refractivity contribution in [1.29, 1.82) is 0 Å². The molecule has 0 amide bonds. The van der Waals surface area contributed by atoms with Crippen molar-refractivity contribution >= 4 is 9.84 Å². The van der Waals surface area contributed by atoms with E-state index in [2.05, 4.69) is 0 Å². The zero-order valence-corrected chi connectivity index (χ0v) is 16.2. The molecule has 0 spiro atoms. The van der Waals surface area contributed by atoms with Crippen LogP contribution in [0.25, 0.3) is 0 Å². The molecule has 0 saturated heterocycles. The maximum absolute atomic E-state index is 12.2. The third-order valence-corrected chi connectivity index (χ3v) is 7.81. The van der Waals surface area contributed by atoms with Gasteiger partial charge in [-0.2, -0.15) is 0 Å². The van der Waals surface area contributed by atoms with Crippen LogP contribution in [-0.4, -0.2) is 36.7 Å². The minimum absolute atomic E-state index is 0.0326. The number of hydrogen-bond donors (Lipinski definition) is 2. The molecular formula is C18H37NO3S. The van der Waals surface area contributed by atoms with Crippen LogP contribution in [-0.2, 0) is 9.84 Å². The number of nitrogens with two attached hydrogens (primary N) is 1. The van der Waals surface area contributed by atoms with Crippen LogP contribution >= 0.6 is 0 Å². The maximum Gasteiger partial charge on any atom is 0.152 e. The van der Waals surface area contributed by atoms with Crippen molar-refractivity contribution in [3.8, 4) is 0 Å². The SMILES string of the molecule is CC(C)C(CC(O)C(N)CC1CCCCC1)CS(=O)(=O)C(C)C. The summed E-state index contributed by atoms with van der Waals surface area (Å²) in [5.41, 5.74) is 6.22. The minimum atomic E-state index is -3.09. The summed E-state index contributed by atoms with van der Waals surface area (Å²) in [6.45, 7) is 7.50. The van der Waals surface area contributed by atoms with E-state index in [1.807, 2.05) is 13.8 Å². The van der Waals surface area contributed by atoms with Gasteiger partial charge >= 0.3 is 0 Å². The van der Waals surface area contributed by atoms with Gasteiger partial charge in [0.2, 0.25) is 0 Å². The van der Waals surface area contributed by atoms with E-state index in [1.54, 1.807) is 13.8 Å². The van der Waals surface area contributed by atoms with Gasteiger partial charge in [-0.05, 0) is 44.4 Å². The van der Waals surface area contributed by atoms with Crippen LogP contribution in [0.1, 0.15) is 72.6 Å². The standard InChI is InChI=1S/C18H37NO3S/c1-13(2)16(12-23(21,22)14(3)4)11-18(20)17(19)10-15-8-6-5-7-9-15/h13-18,20H,5-12,19H2,1-4H3. The zero-order valence-electron chi connectivity index (χ0n) is 15.4. The monoisotopic (exact) mass is 347 g/mol. The zero-order chi connectivity index (χ0) is 17.6. The van der Waals surface area contributed by atoms with Crippen molar-refractivity contribution in [3.05, 3.63) is 0 Å². The topological polar surface area (TPSA) is 80.4 Å². The van der Waals surface area contributed by atoms with E-state index >= 15 is 0 Å². The van der Waals surface area contributed by atoms with E-state index in [0.29, 0.717) is 12.3 Å². The number of hydrogen-bond acceptors (Lipinski definition) is 4. The Hall–Kier alpha value is -0.130. The molecule has 0 aromatic heterocycles. The van der Waals surface area contributed by atoms with Gasteiger partial charge in [0.1, 0.15) is 0 Å². The van der Waals surface area contributed by atoms with Crippen molar-refractivity contribution in [2.24, 2.45) is 23.5 Å². The lowest BCUT2D eigenvalue weighted by Gasteiger charge is -2.30. The van der Waals surface area contributed by atoms with Crippen molar-refractivity contribution in [3.63, 3.8) is 0 Å². The molecule has 1 aliphatic carbocycles. The van der Waals surface area contributed by atoms with Crippen LogP contribution in [0.15, 0.2) is 0 Å². The lowest BCUT2D eigenvalue weighted by molar-refractivity contribution is 0.0956. The molecule has 5 heteroatoms. The molecule has 23 heavy (non-hydrogen) atoms. The second kappa shape index (κ2) is 9.38. The average Bonchev–Trinajstić information content (AvgIpc) is 2.46. The molecule has 1 aliphatic rings. The molecule has 3 N–H and O–H groups in total. The Labute approximate surface area is 143 Å². The summed E-state index contributed by atoms with van der Waals surface area (Å²) in [4.78, 5) is 0. The Kier molecular flexibility index (Phi) is 8.53. The van der Waals surface area contributed by atoms with Crippen LogP contribution in [0.5, 0.6) is 0 Å². The second-order valence-corrected chi connectivity index (χ2v) is 10.7. The molecule has 0 radical (unpaired) electrons. The van der Waals surface area contributed by atoms with E-state index in [9.17, 15) is 13.5 Å². The van der Waals surface area contributed by atoms with Crippen molar-refractivity contribution in [2.45, 2.75) is 90.0 Å². The van der Waals surface area contributed by atoms with E-state index in [1.165, 1.54) is 32.1 Å². The van der Waals surface area contributed by atoms with E-state index in [-0.39, 0.29) is 28.9 Å². The molecule has 1 saturated carbocycles. The largest absolute Gasteiger partial charge is 0.392 e. The van der Waals surface area contributed by atoms with Gasteiger partial charge in [0, 0.05) is 6.04 Å². The van der Waals surface area contributed by atoms with Gasteiger partial charge < -0.3 is 10.8 Å². The highest BCUT2D eigenvalue weighted by Gasteiger charge is 2.29.